The number of allylic oxidation sites excluding steroid dienone is 2. The molecule has 0 aliphatic heterocycles. The number of esters is 2. The second kappa shape index (κ2) is 38.1. The maximum Gasteiger partial charge on any atom is 0.306 e. The molecule has 46 heavy (non-hydrogen) atoms. The summed E-state index contributed by atoms with van der Waals surface area (Å²) in [4.78, 5) is 24.2. The lowest BCUT2D eigenvalue weighted by Crippen LogP contribution is -2.28. The molecule has 5 nitrogen and oxygen atoms in total. The Labute approximate surface area is 286 Å². The molecule has 1 N–H and O–H groups in total. The van der Waals surface area contributed by atoms with Crippen molar-refractivity contribution in [1.82, 2.24) is 0 Å². The van der Waals surface area contributed by atoms with E-state index in [0.717, 1.165) is 38.5 Å². The molecule has 5 heteroatoms. The molecule has 0 saturated heterocycles. The van der Waals surface area contributed by atoms with Crippen LogP contribution in [0.3, 0.4) is 0 Å². The van der Waals surface area contributed by atoms with Crippen molar-refractivity contribution >= 4 is 11.9 Å². The van der Waals surface area contributed by atoms with Crippen LogP contribution in [0.1, 0.15) is 219 Å². The zero-order valence-corrected chi connectivity index (χ0v) is 30.9. The highest BCUT2D eigenvalue weighted by Gasteiger charge is 2.16. The summed E-state index contributed by atoms with van der Waals surface area (Å²) in [5.74, 6) is -0.591. The van der Waals surface area contributed by atoms with E-state index in [1.807, 2.05) is 0 Å². The average molecular weight is 651 g/mol. The number of hydrogen-bond donors (Lipinski definition) is 1. The van der Waals surface area contributed by atoms with Gasteiger partial charge in [-0.05, 0) is 38.5 Å². The number of ether oxygens (including phenoxy) is 2. The van der Waals surface area contributed by atoms with Gasteiger partial charge in [0.15, 0.2) is 6.10 Å². The van der Waals surface area contributed by atoms with E-state index in [2.05, 4.69) is 26.0 Å². The first-order valence-corrected chi connectivity index (χ1v) is 20.2. The monoisotopic (exact) mass is 651 g/mol. The molecule has 0 radical (unpaired) electrons. The summed E-state index contributed by atoms with van der Waals surface area (Å²) in [6, 6.07) is 0. The van der Waals surface area contributed by atoms with Crippen LogP contribution in [0.2, 0.25) is 0 Å². The normalized spacial score (nSPS) is 12.2. The minimum absolute atomic E-state index is 0.0633. The molecule has 0 fully saturated rings. The van der Waals surface area contributed by atoms with Crippen LogP contribution in [0.4, 0.5) is 0 Å². The molecular formula is C41H78O5. The van der Waals surface area contributed by atoms with Gasteiger partial charge in [-0.1, -0.05) is 180 Å². The van der Waals surface area contributed by atoms with E-state index in [-0.39, 0.29) is 25.2 Å². The number of hydrogen-bond acceptors (Lipinski definition) is 5. The SMILES string of the molecule is CCCCC/C=C\CCCCCCCC(=O)OC(CO)COC(=O)CCCCCCCCCCCCCCCCCCCCCC. The maximum absolute atomic E-state index is 12.1. The predicted octanol–water partition coefficient (Wildman–Crippen LogP) is 12.5. The van der Waals surface area contributed by atoms with Crippen LogP contribution in [0.15, 0.2) is 12.2 Å². The fourth-order valence-electron chi connectivity index (χ4n) is 5.96. The Bertz CT molecular complexity index is 661. The second-order valence-corrected chi connectivity index (χ2v) is 13.7. The van der Waals surface area contributed by atoms with Crippen LogP contribution >= 0.6 is 0 Å². The number of carbonyl (C=O) groups excluding carboxylic acids is 2. The maximum atomic E-state index is 12.1. The molecule has 0 aliphatic carbocycles. The van der Waals surface area contributed by atoms with Crippen LogP contribution < -0.4 is 0 Å². The number of unbranched alkanes of at least 4 members (excludes halogenated alkanes) is 27. The van der Waals surface area contributed by atoms with Crippen molar-refractivity contribution in [3.05, 3.63) is 12.2 Å². The summed E-state index contributed by atoms with van der Waals surface area (Å²) in [6.45, 7) is 4.12. The quantitative estimate of drug-likeness (QED) is 0.0411. The second-order valence-electron chi connectivity index (χ2n) is 13.7. The van der Waals surface area contributed by atoms with E-state index >= 15 is 0 Å². The van der Waals surface area contributed by atoms with Gasteiger partial charge in [-0.25, -0.2) is 0 Å². The van der Waals surface area contributed by atoms with Gasteiger partial charge in [0.05, 0.1) is 6.61 Å². The molecule has 1 unspecified atom stereocenters. The molecule has 0 bridgehead atoms. The third-order valence-corrected chi connectivity index (χ3v) is 9.06. The van der Waals surface area contributed by atoms with Gasteiger partial charge in [0, 0.05) is 12.8 Å². The lowest BCUT2D eigenvalue weighted by atomic mass is 10.0. The largest absolute Gasteiger partial charge is 0.462 e. The summed E-state index contributed by atoms with van der Waals surface area (Å²) in [6.07, 6.45) is 42.8. The van der Waals surface area contributed by atoms with Crippen molar-refractivity contribution in [2.24, 2.45) is 0 Å². The summed E-state index contributed by atoms with van der Waals surface area (Å²) < 4.78 is 10.6. The van der Waals surface area contributed by atoms with Gasteiger partial charge in [-0.2, -0.15) is 0 Å². The fraction of sp³-hybridized carbons (Fsp3) is 0.902. The summed E-state index contributed by atoms with van der Waals surface area (Å²) >= 11 is 0. The van der Waals surface area contributed by atoms with Crippen LogP contribution in [-0.4, -0.2) is 36.4 Å². The van der Waals surface area contributed by atoms with Crippen molar-refractivity contribution in [3.63, 3.8) is 0 Å². The van der Waals surface area contributed by atoms with E-state index in [9.17, 15) is 14.7 Å². The molecular weight excluding hydrogens is 572 g/mol. The van der Waals surface area contributed by atoms with Gasteiger partial charge in [-0.3, -0.25) is 9.59 Å². The Morgan fingerprint density at radius 1 is 0.478 bits per heavy atom. The van der Waals surface area contributed by atoms with Gasteiger partial charge in [0.25, 0.3) is 0 Å². The lowest BCUT2D eigenvalue weighted by Gasteiger charge is -2.15. The summed E-state index contributed by atoms with van der Waals surface area (Å²) in [5.41, 5.74) is 0. The van der Waals surface area contributed by atoms with Crippen molar-refractivity contribution in [2.75, 3.05) is 13.2 Å². The molecule has 0 aromatic rings. The van der Waals surface area contributed by atoms with E-state index in [1.165, 1.54) is 154 Å². The molecule has 0 saturated carbocycles. The fourth-order valence-corrected chi connectivity index (χ4v) is 5.96. The van der Waals surface area contributed by atoms with Gasteiger partial charge in [0.1, 0.15) is 6.61 Å². The van der Waals surface area contributed by atoms with Crippen molar-refractivity contribution in [1.29, 1.82) is 0 Å². The van der Waals surface area contributed by atoms with E-state index in [1.54, 1.807) is 0 Å². The smallest absolute Gasteiger partial charge is 0.306 e. The standard InChI is InChI=1S/C41H78O5/c1-3-5-7-9-11-13-15-17-18-19-20-21-22-23-24-26-27-29-31-33-35-40(43)45-38-39(37-42)46-41(44)36-34-32-30-28-25-16-14-12-10-8-6-4-2/h12,14,39,42H,3-11,13,15-38H2,1-2H3/b14-12-. The van der Waals surface area contributed by atoms with E-state index in [4.69, 9.17) is 9.47 Å². The molecule has 0 spiro atoms. The highest BCUT2D eigenvalue weighted by molar-refractivity contribution is 5.70. The highest BCUT2D eigenvalue weighted by atomic mass is 16.6. The Morgan fingerprint density at radius 3 is 1.22 bits per heavy atom. The minimum atomic E-state index is -0.768. The van der Waals surface area contributed by atoms with E-state index in [0.29, 0.717) is 12.8 Å². The number of rotatable bonds is 37. The van der Waals surface area contributed by atoms with Gasteiger partial charge in [-0.15, -0.1) is 0 Å². The Kier molecular flexibility index (Phi) is 37.0. The molecule has 0 amide bonds. The first-order valence-electron chi connectivity index (χ1n) is 20.2. The van der Waals surface area contributed by atoms with Crippen molar-refractivity contribution in [2.45, 2.75) is 225 Å². The Balaban J connectivity index is 3.48. The average Bonchev–Trinajstić information content (AvgIpc) is 3.06. The van der Waals surface area contributed by atoms with Crippen molar-refractivity contribution in [3.8, 4) is 0 Å². The Morgan fingerprint density at radius 2 is 0.804 bits per heavy atom. The number of aliphatic hydroxyl groups is 1. The van der Waals surface area contributed by atoms with Crippen LogP contribution in [0.5, 0.6) is 0 Å². The minimum Gasteiger partial charge on any atom is -0.462 e. The topological polar surface area (TPSA) is 72.8 Å². The highest BCUT2D eigenvalue weighted by Crippen LogP contribution is 2.15. The molecule has 1 atom stereocenters. The zero-order chi connectivity index (χ0) is 33.6. The molecule has 0 aromatic carbocycles. The molecule has 0 rings (SSSR count). The van der Waals surface area contributed by atoms with E-state index < -0.39 is 6.10 Å². The summed E-state index contributed by atoms with van der Waals surface area (Å²) in [5, 5.41) is 9.54. The summed E-state index contributed by atoms with van der Waals surface area (Å²) in [7, 11) is 0. The molecule has 0 aliphatic rings. The number of carbonyl (C=O) groups is 2. The first-order chi connectivity index (χ1) is 22.6. The van der Waals surface area contributed by atoms with Gasteiger partial charge in [0.2, 0.25) is 0 Å². The number of aliphatic hydroxyl groups excluding tert-OH is 1. The molecule has 272 valence electrons. The van der Waals surface area contributed by atoms with Gasteiger partial charge >= 0.3 is 11.9 Å². The van der Waals surface area contributed by atoms with Crippen LogP contribution in [-0.2, 0) is 19.1 Å². The first kappa shape index (κ1) is 44.6. The van der Waals surface area contributed by atoms with Gasteiger partial charge < -0.3 is 14.6 Å². The van der Waals surface area contributed by atoms with Crippen LogP contribution in [0, 0.1) is 0 Å². The predicted molar refractivity (Wildman–Crippen MR) is 196 cm³/mol. The van der Waals surface area contributed by atoms with Crippen LogP contribution in [0.25, 0.3) is 0 Å². The third-order valence-electron chi connectivity index (χ3n) is 9.06. The Hall–Kier alpha value is -1.36. The van der Waals surface area contributed by atoms with Crippen molar-refractivity contribution < 1.29 is 24.2 Å². The molecule has 0 heterocycles. The third kappa shape index (κ3) is 35.5. The molecule has 0 aromatic heterocycles. The zero-order valence-electron chi connectivity index (χ0n) is 30.9. The lowest BCUT2D eigenvalue weighted by molar-refractivity contribution is -0.161.